The monoisotopic (exact) mass is 230 g/mol. The van der Waals surface area contributed by atoms with Crippen LogP contribution in [0.3, 0.4) is 0 Å². The van der Waals surface area contributed by atoms with Crippen LogP contribution in [-0.2, 0) is 4.74 Å². The van der Waals surface area contributed by atoms with E-state index in [1.807, 2.05) is 11.8 Å². The van der Waals surface area contributed by atoms with E-state index in [0.29, 0.717) is 17.9 Å². The molecule has 2 unspecified atom stereocenters. The molecule has 4 heteroatoms. The van der Waals surface area contributed by atoms with Crippen molar-refractivity contribution in [1.82, 2.24) is 5.32 Å². The quantitative estimate of drug-likeness (QED) is 0.784. The lowest BCUT2D eigenvalue weighted by Gasteiger charge is -2.13. The Balaban J connectivity index is 2.30. The van der Waals surface area contributed by atoms with Crippen LogP contribution in [0.15, 0.2) is 4.99 Å². The van der Waals surface area contributed by atoms with Crippen molar-refractivity contribution in [2.24, 2.45) is 16.8 Å². The lowest BCUT2D eigenvalue weighted by Crippen LogP contribution is -2.31. The van der Waals surface area contributed by atoms with Crippen molar-refractivity contribution in [1.29, 1.82) is 0 Å². The molecule has 1 fully saturated rings. The molecule has 0 spiro atoms. The van der Waals surface area contributed by atoms with Crippen molar-refractivity contribution < 1.29 is 4.74 Å². The molecule has 1 aliphatic rings. The van der Waals surface area contributed by atoms with Crippen LogP contribution >= 0.6 is 11.8 Å². The van der Waals surface area contributed by atoms with Gasteiger partial charge in [-0.15, -0.1) is 0 Å². The Labute approximate surface area is 97.1 Å². The van der Waals surface area contributed by atoms with Gasteiger partial charge in [0.15, 0.2) is 5.17 Å². The minimum absolute atomic E-state index is 0.503. The van der Waals surface area contributed by atoms with Gasteiger partial charge >= 0.3 is 0 Å². The fourth-order valence-electron chi connectivity index (χ4n) is 1.44. The number of aliphatic imine (C=N–C) groups is 1. The molecule has 0 aromatic carbocycles. The number of rotatable bonds is 5. The van der Waals surface area contributed by atoms with Crippen LogP contribution in [0.1, 0.15) is 20.8 Å². The molecule has 3 nitrogen and oxygen atoms in total. The van der Waals surface area contributed by atoms with Gasteiger partial charge in [-0.25, -0.2) is 0 Å². The Kier molecular flexibility index (Phi) is 5.47. The summed E-state index contributed by atoms with van der Waals surface area (Å²) in [6.07, 6.45) is 0. The van der Waals surface area contributed by atoms with E-state index in [9.17, 15) is 0 Å². The van der Waals surface area contributed by atoms with Gasteiger partial charge in [0.1, 0.15) is 0 Å². The molecule has 1 heterocycles. The summed E-state index contributed by atoms with van der Waals surface area (Å²) in [7, 11) is 1.74. The van der Waals surface area contributed by atoms with Gasteiger partial charge in [-0.2, -0.15) is 0 Å². The third-order valence-corrected chi connectivity index (χ3v) is 3.56. The van der Waals surface area contributed by atoms with Crippen LogP contribution in [0.4, 0.5) is 0 Å². The number of hydrogen-bond acceptors (Lipinski definition) is 3. The number of ether oxygens (including phenoxy) is 1. The minimum Gasteiger partial charge on any atom is -0.384 e. The van der Waals surface area contributed by atoms with Crippen molar-refractivity contribution >= 4 is 16.9 Å². The highest BCUT2D eigenvalue weighted by atomic mass is 32.2. The van der Waals surface area contributed by atoms with Gasteiger partial charge in [0.25, 0.3) is 0 Å². The van der Waals surface area contributed by atoms with Crippen molar-refractivity contribution in [3.05, 3.63) is 0 Å². The molecular weight excluding hydrogens is 208 g/mol. The predicted molar refractivity (Wildman–Crippen MR) is 67.6 cm³/mol. The summed E-state index contributed by atoms with van der Waals surface area (Å²) in [5.74, 6) is 2.33. The highest BCUT2D eigenvalue weighted by molar-refractivity contribution is 8.14. The first-order chi connectivity index (χ1) is 7.13. The molecular formula is C11H22N2OS. The van der Waals surface area contributed by atoms with E-state index >= 15 is 0 Å². The van der Waals surface area contributed by atoms with E-state index in [2.05, 4.69) is 31.1 Å². The first-order valence-electron chi connectivity index (χ1n) is 5.56. The smallest absolute Gasteiger partial charge is 0.156 e. The zero-order valence-electron chi connectivity index (χ0n) is 10.1. The number of thioether (sulfide) groups is 1. The van der Waals surface area contributed by atoms with E-state index in [4.69, 9.17) is 4.74 Å². The number of hydrogen-bond donors (Lipinski definition) is 1. The molecule has 1 aliphatic heterocycles. The summed E-state index contributed by atoms with van der Waals surface area (Å²) in [6.45, 7) is 8.29. The Morgan fingerprint density at radius 1 is 1.53 bits per heavy atom. The summed E-state index contributed by atoms with van der Waals surface area (Å²) < 4.78 is 5.08. The van der Waals surface area contributed by atoms with Gasteiger partial charge in [0.2, 0.25) is 0 Å². The van der Waals surface area contributed by atoms with E-state index in [1.54, 1.807) is 7.11 Å². The molecule has 15 heavy (non-hydrogen) atoms. The standard InChI is InChI=1S/C11H22N2OS/c1-8(2)10-7-15-11(13-10)12-5-9(3)6-14-4/h8-10H,5-7H2,1-4H3,(H,12,13). The maximum absolute atomic E-state index is 5.08. The van der Waals surface area contributed by atoms with Crippen LogP contribution in [0.2, 0.25) is 0 Å². The van der Waals surface area contributed by atoms with E-state index < -0.39 is 0 Å². The molecule has 0 aliphatic carbocycles. The molecule has 1 N–H and O–H groups in total. The summed E-state index contributed by atoms with van der Waals surface area (Å²) in [5, 5.41) is 4.57. The SMILES string of the molecule is COCC(C)CN=C1NC(C(C)C)CS1. The Morgan fingerprint density at radius 2 is 2.27 bits per heavy atom. The van der Waals surface area contributed by atoms with Gasteiger partial charge in [-0.1, -0.05) is 32.5 Å². The highest BCUT2D eigenvalue weighted by Gasteiger charge is 2.22. The van der Waals surface area contributed by atoms with Crippen LogP contribution in [0.25, 0.3) is 0 Å². The minimum atomic E-state index is 0.503. The molecule has 0 amide bonds. The van der Waals surface area contributed by atoms with Crippen molar-refractivity contribution in [3.63, 3.8) is 0 Å². The maximum Gasteiger partial charge on any atom is 0.156 e. The molecule has 0 radical (unpaired) electrons. The molecule has 1 saturated heterocycles. The second-order valence-electron chi connectivity index (χ2n) is 4.51. The van der Waals surface area contributed by atoms with Crippen molar-refractivity contribution in [2.45, 2.75) is 26.8 Å². The third-order valence-electron chi connectivity index (χ3n) is 2.51. The van der Waals surface area contributed by atoms with Gasteiger partial charge in [-0.05, 0) is 11.8 Å². The predicted octanol–water partition coefficient (Wildman–Crippen LogP) is 1.99. The fourth-order valence-corrected chi connectivity index (χ4v) is 2.64. The molecule has 0 bridgehead atoms. The number of amidine groups is 1. The average molecular weight is 230 g/mol. The summed E-state index contributed by atoms with van der Waals surface area (Å²) in [6, 6.07) is 0.589. The molecule has 1 rings (SSSR count). The van der Waals surface area contributed by atoms with Gasteiger partial charge in [0.05, 0.1) is 6.61 Å². The number of nitrogens with zero attached hydrogens (tertiary/aromatic N) is 1. The summed E-state index contributed by atoms with van der Waals surface area (Å²) >= 11 is 1.84. The van der Waals surface area contributed by atoms with Crippen LogP contribution < -0.4 is 5.32 Å². The Bertz CT molecular complexity index is 219. The molecule has 88 valence electrons. The van der Waals surface area contributed by atoms with Crippen molar-refractivity contribution in [3.8, 4) is 0 Å². The molecule has 0 aromatic rings. The molecule has 2 atom stereocenters. The van der Waals surface area contributed by atoms with E-state index in [-0.39, 0.29) is 0 Å². The normalized spacial score (nSPS) is 25.9. The van der Waals surface area contributed by atoms with Crippen LogP contribution in [0, 0.1) is 11.8 Å². The first kappa shape index (κ1) is 12.8. The topological polar surface area (TPSA) is 33.6 Å². The van der Waals surface area contributed by atoms with Crippen LogP contribution in [0.5, 0.6) is 0 Å². The average Bonchev–Trinajstić information content (AvgIpc) is 2.63. The van der Waals surface area contributed by atoms with Gasteiger partial charge in [0, 0.05) is 25.4 Å². The largest absolute Gasteiger partial charge is 0.384 e. The van der Waals surface area contributed by atoms with E-state index in [1.165, 1.54) is 0 Å². The molecule has 0 saturated carbocycles. The lowest BCUT2D eigenvalue weighted by atomic mass is 10.1. The third kappa shape index (κ3) is 4.43. The Hall–Kier alpha value is -0.220. The van der Waals surface area contributed by atoms with Crippen LogP contribution in [-0.4, -0.2) is 37.2 Å². The molecule has 0 aromatic heterocycles. The van der Waals surface area contributed by atoms with Gasteiger partial charge in [-0.3, -0.25) is 4.99 Å². The summed E-state index contributed by atoms with van der Waals surface area (Å²) in [5.41, 5.74) is 0. The first-order valence-corrected chi connectivity index (χ1v) is 6.54. The lowest BCUT2D eigenvalue weighted by molar-refractivity contribution is 0.163. The highest BCUT2D eigenvalue weighted by Crippen LogP contribution is 2.19. The second kappa shape index (κ2) is 6.38. The second-order valence-corrected chi connectivity index (χ2v) is 5.52. The van der Waals surface area contributed by atoms with Gasteiger partial charge < -0.3 is 10.1 Å². The number of nitrogens with one attached hydrogen (secondary N) is 1. The number of methoxy groups -OCH3 is 1. The summed E-state index contributed by atoms with van der Waals surface area (Å²) in [4.78, 5) is 4.56. The maximum atomic E-state index is 5.08. The fraction of sp³-hybridized carbons (Fsp3) is 0.909. The van der Waals surface area contributed by atoms with Crippen molar-refractivity contribution in [2.75, 3.05) is 26.0 Å². The zero-order chi connectivity index (χ0) is 11.3. The Morgan fingerprint density at radius 3 is 2.80 bits per heavy atom. The zero-order valence-corrected chi connectivity index (χ0v) is 10.9. The van der Waals surface area contributed by atoms with E-state index in [0.717, 1.165) is 24.1 Å².